The fourth-order valence-electron chi connectivity index (χ4n) is 10.3. The fraction of sp³-hybridized carbons (Fsp3) is 0.703. The van der Waals surface area contributed by atoms with Crippen LogP contribution in [0.25, 0.3) is 0 Å². The molecule has 0 heterocycles. The van der Waals surface area contributed by atoms with Gasteiger partial charge < -0.3 is 4.74 Å². The molecule has 4 aliphatic rings. The van der Waals surface area contributed by atoms with Crippen molar-refractivity contribution >= 4 is 5.97 Å². The van der Waals surface area contributed by atoms with Gasteiger partial charge in [-0.3, -0.25) is 0 Å². The van der Waals surface area contributed by atoms with Crippen molar-refractivity contribution in [2.45, 2.75) is 112 Å². The third kappa shape index (κ3) is 5.31. The zero-order valence-electron chi connectivity index (χ0n) is 25.7. The van der Waals surface area contributed by atoms with Gasteiger partial charge in [-0.15, -0.1) is 0 Å². The van der Waals surface area contributed by atoms with Crippen LogP contribution in [-0.4, -0.2) is 12.1 Å². The van der Waals surface area contributed by atoms with E-state index in [9.17, 15) is 4.79 Å². The first kappa shape index (κ1) is 28.7. The smallest absolute Gasteiger partial charge is 0.338 e. The molecular formula is C37H54O2. The quantitative estimate of drug-likeness (QED) is 0.247. The van der Waals surface area contributed by atoms with E-state index < -0.39 is 0 Å². The van der Waals surface area contributed by atoms with Crippen LogP contribution in [0.3, 0.4) is 0 Å². The Bertz CT molecular complexity index is 1070. The van der Waals surface area contributed by atoms with Gasteiger partial charge in [0.1, 0.15) is 6.10 Å². The average Bonchev–Trinajstić information content (AvgIpc) is 3.26. The first-order valence-electron chi connectivity index (χ1n) is 16.2. The molecule has 4 aliphatic carbocycles. The van der Waals surface area contributed by atoms with Crippen LogP contribution in [0.1, 0.15) is 116 Å². The van der Waals surface area contributed by atoms with Gasteiger partial charge >= 0.3 is 5.97 Å². The fourth-order valence-corrected chi connectivity index (χ4v) is 10.3. The van der Waals surface area contributed by atoms with Crippen molar-refractivity contribution in [1.82, 2.24) is 0 Å². The van der Waals surface area contributed by atoms with E-state index >= 15 is 0 Å². The molecule has 1 aromatic carbocycles. The van der Waals surface area contributed by atoms with Crippen LogP contribution in [-0.2, 0) is 4.74 Å². The highest BCUT2D eigenvalue weighted by atomic mass is 16.5. The van der Waals surface area contributed by atoms with Gasteiger partial charge in [-0.05, 0) is 129 Å². The molecule has 3 fully saturated rings. The molecule has 1 aromatic rings. The second kappa shape index (κ2) is 11.2. The van der Waals surface area contributed by atoms with E-state index in [4.69, 9.17) is 4.74 Å². The summed E-state index contributed by atoms with van der Waals surface area (Å²) in [5.41, 5.74) is 4.42. The predicted molar refractivity (Wildman–Crippen MR) is 162 cm³/mol. The summed E-state index contributed by atoms with van der Waals surface area (Å²) in [6.07, 6.45) is 15.2. The van der Waals surface area contributed by atoms with E-state index in [1.165, 1.54) is 50.5 Å². The van der Waals surface area contributed by atoms with E-state index in [0.29, 0.717) is 22.8 Å². The molecule has 0 spiro atoms. The Morgan fingerprint density at radius 3 is 2.44 bits per heavy atom. The number of fused-ring (bicyclic) bond motifs is 5. The molecular weight excluding hydrogens is 476 g/mol. The Morgan fingerprint density at radius 1 is 1.00 bits per heavy atom. The Kier molecular flexibility index (Phi) is 8.25. The van der Waals surface area contributed by atoms with E-state index in [2.05, 4.69) is 54.2 Å². The standard InChI is InChI=1S/C37H54O2/c1-24(2)30(25(3)4)15-13-26(5)32-17-18-33-31-16-14-28-23-29(39-35(38)27-11-9-8-10-12-27)19-21-36(28,6)34(31)20-22-37(32,33)7/h8-12,14,25-26,29-34H,1,13,15-23H2,2-7H3. The lowest BCUT2D eigenvalue weighted by atomic mass is 9.47. The van der Waals surface area contributed by atoms with Crippen molar-refractivity contribution in [2.75, 3.05) is 0 Å². The lowest BCUT2D eigenvalue weighted by Crippen LogP contribution is -2.51. The molecule has 2 heteroatoms. The Balaban J connectivity index is 1.25. The maximum Gasteiger partial charge on any atom is 0.338 e. The summed E-state index contributed by atoms with van der Waals surface area (Å²) in [6, 6.07) is 9.48. The Labute approximate surface area is 239 Å². The minimum atomic E-state index is -0.166. The highest BCUT2D eigenvalue weighted by Gasteiger charge is 2.59. The molecule has 9 atom stereocenters. The van der Waals surface area contributed by atoms with Gasteiger partial charge in [-0.1, -0.05) is 76.6 Å². The first-order valence-corrected chi connectivity index (χ1v) is 16.2. The minimum Gasteiger partial charge on any atom is -0.458 e. The molecule has 9 unspecified atom stereocenters. The first-order chi connectivity index (χ1) is 18.5. The molecule has 5 rings (SSSR count). The number of ether oxygens (including phenoxy) is 1. The molecule has 2 nitrogen and oxygen atoms in total. The lowest BCUT2D eigenvalue weighted by molar-refractivity contribution is -0.0596. The van der Waals surface area contributed by atoms with Crippen LogP contribution >= 0.6 is 0 Å². The SMILES string of the molecule is C=C(C)C(CCC(C)C1CCC2C3CC=C4CC(OC(=O)c5ccccc5)CCC4(C)C3CCC12C)C(C)C. The number of rotatable bonds is 8. The summed E-state index contributed by atoms with van der Waals surface area (Å²) in [6.45, 7) is 19.1. The van der Waals surface area contributed by atoms with Crippen molar-refractivity contribution in [3.63, 3.8) is 0 Å². The minimum absolute atomic E-state index is 0.0213. The van der Waals surface area contributed by atoms with E-state index in [1.54, 1.807) is 5.57 Å². The lowest BCUT2D eigenvalue weighted by Gasteiger charge is -2.58. The van der Waals surface area contributed by atoms with Crippen LogP contribution in [0.4, 0.5) is 0 Å². The topological polar surface area (TPSA) is 26.3 Å². The number of hydrogen-bond acceptors (Lipinski definition) is 2. The van der Waals surface area contributed by atoms with Crippen molar-refractivity contribution < 1.29 is 9.53 Å². The normalized spacial score (nSPS) is 37.2. The van der Waals surface area contributed by atoms with Gasteiger partial charge in [0.2, 0.25) is 0 Å². The molecule has 39 heavy (non-hydrogen) atoms. The molecule has 0 radical (unpaired) electrons. The number of carbonyl (C=O) groups excluding carboxylic acids is 1. The van der Waals surface area contributed by atoms with Crippen LogP contribution in [0.5, 0.6) is 0 Å². The highest BCUT2D eigenvalue weighted by Crippen LogP contribution is 2.67. The second-order valence-corrected chi connectivity index (χ2v) is 14.9. The second-order valence-electron chi connectivity index (χ2n) is 14.9. The van der Waals surface area contributed by atoms with Crippen molar-refractivity contribution in [3.05, 3.63) is 59.7 Å². The third-order valence-electron chi connectivity index (χ3n) is 12.5. The predicted octanol–water partition coefficient (Wildman–Crippen LogP) is 10.1. The molecule has 214 valence electrons. The van der Waals surface area contributed by atoms with Crippen LogP contribution in [0.15, 0.2) is 54.1 Å². The molecule has 0 bridgehead atoms. The zero-order chi connectivity index (χ0) is 27.9. The van der Waals surface area contributed by atoms with Gasteiger partial charge in [-0.2, -0.15) is 0 Å². The van der Waals surface area contributed by atoms with E-state index in [-0.39, 0.29) is 17.5 Å². The highest BCUT2D eigenvalue weighted by molar-refractivity contribution is 5.89. The Hall–Kier alpha value is -1.83. The number of carbonyl (C=O) groups is 1. The van der Waals surface area contributed by atoms with Gasteiger partial charge in [0, 0.05) is 6.42 Å². The van der Waals surface area contributed by atoms with E-state index in [1.807, 2.05) is 30.3 Å². The average molecular weight is 531 g/mol. The van der Waals surface area contributed by atoms with Crippen LogP contribution in [0.2, 0.25) is 0 Å². The number of esters is 1. The van der Waals surface area contributed by atoms with Gasteiger partial charge in [-0.25, -0.2) is 4.79 Å². The third-order valence-corrected chi connectivity index (χ3v) is 12.5. The van der Waals surface area contributed by atoms with Crippen molar-refractivity contribution in [2.24, 2.45) is 52.3 Å². The van der Waals surface area contributed by atoms with Crippen LogP contribution < -0.4 is 0 Å². The summed E-state index contributed by atoms with van der Waals surface area (Å²) < 4.78 is 6.02. The number of allylic oxidation sites excluding steroid dienone is 2. The molecule has 0 amide bonds. The number of benzene rings is 1. The summed E-state index contributed by atoms with van der Waals surface area (Å²) in [4.78, 5) is 12.7. The summed E-state index contributed by atoms with van der Waals surface area (Å²) in [7, 11) is 0. The van der Waals surface area contributed by atoms with E-state index in [0.717, 1.165) is 48.9 Å². The molecule has 0 aliphatic heterocycles. The molecule has 0 aromatic heterocycles. The Morgan fingerprint density at radius 2 is 1.74 bits per heavy atom. The molecule has 0 saturated heterocycles. The zero-order valence-corrected chi connectivity index (χ0v) is 25.7. The number of hydrogen-bond donors (Lipinski definition) is 0. The van der Waals surface area contributed by atoms with Crippen molar-refractivity contribution in [3.8, 4) is 0 Å². The summed E-state index contributed by atoms with van der Waals surface area (Å²) in [5, 5.41) is 0. The van der Waals surface area contributed by atoms with Gasteiger partial charge in [0.15, 0.2) is 0 Å². The summed E-state index contributed by atoms with van der Waals surface area (Å²) in [5.74, 6) is 5.36. The molecule has 3 saturated carbocycles. The monoisotopic (exact) mass is 530 g/mol. The maximum atomic E-state index is 12.7. The summed E-state index contributed by atoms with van der Waals surface area (Å²) >= 11 is 0. The maximum absolute atomic E-state index is 12.7. The largest absolute Gasteiger partial charge is 0.458 e. The van der Waals surface area contributed by atoms with Crippen LogP contribution in [0, 0.1) is 52.3 Å². The van der Waals surface area contributed by atoms with Gasteiger partial charge in [0.05, 0.1) is 5.56 Å². The van der Waals surface area contributed by atoms with Crippen molar-refractivity contribution in [1.29, 1.82) is 0 Å². The molecule has 0 N–H and O–H groups in total. The van der Waals surface area contributed by atoms with Gasteiger partial charge in [0.25, 0.3) is 0 Å².